The third kappa shape index (κ3) is 3.47. The Bertz CT molecular complexity index is 173. The molecule has 0 aliphatic heterocycles. The SMILES string of the molecule is [3H]CC([3H])([3H])OC(=O)C([3H])([3H])[3H]. The third-order valence-electron chi connectivity index (χ3n) is 0.165. The Morgan fingerprint density at radius 3 is 3.67 bits per heavy atom. The van der Waals surface area contributed by atoms with Crippen LogP contribution in [0.15, 0.2) is 0 Å². The largest absolute Gasteiger partial charge is 0.466 e. The summed E-state index contributed by atoms with van der Waals surface area (Å²) in [5, 5.41) is 0. The van der Waals surface area contributed by atoms with Gasteiger partial charge in [0, 0.05) is 12.3 Å². The molecule has 0 rings (SSSR count). The van der Waals surface area contributed by atoms with E-state index in [-0.39, 0.29) is 0 Å². The summed E-state index contributed by atoms with van der Waals surface area (Å²) in [4.78, 5) is 10.5. The van der Waals surface area contributed by atoms with Crippen LogP contribution in [0, 0.1) is 0 Å². The van der Waals surface area contributed by atoms with Crippen LogP contribution in [0.1, 0.15) is 22.0 Å². The van der Waals surface area contributed by atoms with Gasteiger partial charge in [-0.2, -0.15) is 0 Å². The molecular weight excluding hydrogens is 80.0 g/mol. The van der Waals surface area contributed by atoms with Crippen LogP contribution in [0.25, 0.3) is 0 Å². The van der Waals surface area contributed by atoms with Gasteiger partial charge in [0.15, 0.2) is 0 Å². The van der Waals surface area contributed by atoms with E-state index in [2.05, 4.69) is 4.74 Å². The van der Waals surface area contributed by atoms with Gasteiger partial charge in [-0.3, -0.25) is 4.79 Å². The monoisotopic (exact) mass is 100 g/mol. The minimum Gasteiger partial charge on any atom is -0.466 e. The first kappa shape index (κ1) is 0.997. The van der Waals surface area contributed by atoms with Crippen LogP contribution < -0.4 is 0 Å². The molecule has 0 saturated heterocycles. The molecule has 6 heavy (non-hydrogen) atoms. The van der Waals surface area contributed by atoms with E-state index in [1.54, 1.807) is 0 Å². The standard InChI is InChI=1S/C4H8O2/c1-3-6-4(2)5/h3H2,1-2H3/i1T,2T3,3T2. The van der Waals surface area contributed by atoms with Crippen LogP contribution >= 0.6 is 0 Å². The zero-order valence-electron chi connectivity index (χ0n) is 9.02. The Hall–Kier alpha value is -0.530. The normalized spacial score (nSPS) is 26.7. The molecular formula is C4H8O2. The van der Waals surface area contributed by atoms with Crippen molar-refractivity contribution in [3.8, 4) is 0 Å². The molecule has 0 heterocycles. The van der Waals surface area contributed by atoms with Gasteiger partial charge in [0.25, 0.3) is 0 Å². The van der Waals surface area contributed by atoms with Crippen molar-refractivity contribution in [3.63, 3.8) is 0 Å². The Morgan fingerprint density at radius 2 is 3.17 bits per heavy atom. The molecule has 0 aromatic rings. The molecule has 0 unspecified atom stereocenters. The van der Waals surface area contributed by atoms with E-state index >= 15 is 0 Å². The molecule has 2 heteroatoms. The molecule has 0 aliphatic carbocycles. The lowest BCUT2D eigenvalue weighted by Gasteiger charge is -1.89. The third-order valence-corrected chi connectivity index (χ3v) is 0.165. The summed E-state index contributed by atoms with van der Waals surface area (Å²) >= 11 is 0. The highest BCUT2D eigenvalue weighted by Crippen LogP contribution is 1.69. The maximum Gasteiger partial charge on any atom is 0.302 e. The number of esters is 1. The predicted octanol–water partition coefficient (Wildman–Crippen LogP) is 0.569. The highest BCUT2D eigenvalue weighted by atomic mass is 16.5. The second-order valence-corrected chi connectivity index (χ2v) is 0.534. The zero-order chi connectivity index (χ0) is 9.99. The molecule has 0 amide bonds. The van der Waals surface area contributed by atoms with Crippen LogP contribution in [0.3, 0.4) is 0 Å². The summed E-state index contributed by atoms with van der Waals surface area (Å²) in [6.07, 6.45) is 0. The smallest absolute Gasteiger partial charge is 0.302 e. The summed E-state index contributed by atoms with van der Waals surface area (Å²) in [7, 11) is 0. The van der Waals surface area contributed by atoms with Crippen molar-refractivity contribution in [2.45, 2.75) is 13.8 Å². The van der Waals surface area contributed by atoms with Crippen LogP contribution in [0.4, 0.5) is 0 Å². The number of ether oxygens (including phenoxy) is 1. The molecule has 0 aromatic carbocycles. The Labute approximate surface area is 45.5 Å². The van der Waals surface area contributed by atoms with Gasteiger partial charge in [-0.25, -0.2) is 0 Å². The minimum atomic E-state index is -2.97. The topological polar surface area (TPSA) is 26.3 Å². The maximum absolute atomic E-state index is 10.5. The molecule has 2 nitrogen and oxygen atoms in total. The van der Waals surface area contributed by atoms with Gasteiger partial charge in [-0.05, 0) is 6.90 Å². The Kier molecular flexibility index (Phi) is 0.448. The van der Waals surface area contributed by atoms with Gasteiger partial charge in [0.2, 0.25) is 0 Å². The van der Waals surface area contributed by atoms with Gasteiger partial charge in [-0.1, -0.05) is 0 Å². The molecule has 36 valence electrons. The maximum atomic E-state index is 10.5. The van der Waals surface area contributed by atoms with Crippen molar-refractivity contribution in [1.82, 2.24) is 0 Å². The van der Waals surface area contributed by atoms with E-state index in [1.807, 2.05) is 0 Å². The van der Waals surface area contributed by atoms with E-state index in [0.717, 1.165) is 0 Å². The summed E-state index contributed by atoms with van der Waals surface area (Å²) < 4.78 is 43.6. The highest BCUT2D eigenvalue weighted by molar-refractivity contribution is 5.65. The fourth-order valence-electron chi connectivity index (χ4n) is 0.0655. The average molecular weight is 100 g/mol. The molecule has 0 spiro atoms. The summed E-state index contributed by atoms with van der Waals surface area (Å²) in [5.74, 6) is -1.63. The molecule has 0 fully saturated rings. The van der Waals surface area contributed by atoms with Crippen LogP contribution in [-0.4, -0.2) is 12.5 Å². The lowest BCUT2D eigenvalue weighted by atomic mass is 10.8. The molecule has 0 aliphatic rings. The fraction of sp³-hybridized carbons (Fsp3) is 0.750. The molecule has 0 radical (unpaired) electrons. The van der Waals surface area contributed by atoms with Gasteiger partial charge < -0.3 is 4.74 Å². The Balaban J connectivity index is 4.20. The number of rotatable bonds is 1. The number of carbonyl (C=O) groups is 1. The minimum absolute atomic E-state index is 0.825. The van der Waals surface area contributed by atoms with Gasteiger partial charge in [-0.15, -0.1) is 0 Å². The number of hydrogen-bond acceptors (Lipinski definition) is 2. The van der Waals surface area contributed by atoms with Gasteiger partial charge >= 0.3 is 5.97 Å². The zero-order valence-corrected chi connectivity index (χ0v) is 3.02. The van der Waals surface area contributed by atoms with E-state index in [9.17, 15) is 4.79 Å². The van der Waals surface area contributed by atoms with E-state index in [1.165, 1.54) is 0 Å². The molecule has 0 atom stereocenters. The molecule has 0 bridgehead atoms. The fourth-order valence-corrected chi connectivity index (χ4v) is 0.0655. The first-order valence-electron chi connectivity index (χ1n) is 4.42. The lowest BCUT2D eigenvalue weighted by molar-refractivity contribution is -0.140. The Morgan fingerprint density at radius 1 is 2.33 bits per heavy atom. The van der Waals surface area contributed by atoms with Crippen LogP contribution in [-0.2, 0) is 9.53 Å². The first-order chi connectivity index (χ1) is 5.19. The van der Waals surface area contributed by atoms with E-state index < -0.39 is 26.3 Å². The van der Waals surface area contributed by atoms with Crippen molar-refractivity contribution in [3.05, 3.63) is 0 Å². The van der Waals surface area contributed by atoms with Crippen molar-refractivity contribution < 1.29 is 17.8 Å². The molecule has 0 saturated carbocycles. The predicted molar refractivity (Wildman–Crippen MR) is 22.3 cm³/mol. The molecule has 0 aromatic heterocycles. The van der Waals surface area contributed by atoms with E-state index in [4.69, 9.17) is 8.22 Å². The van der Waals surface area contributed by atoms with Crippen molar-refractivity contribution >= 4 is 5.97 Å². The average Bonchev–Trinajstić information content (AvgIpc) is 1.85. The van der Waals surface area contributed by atoms with Gasteiger partial charge in [0.1, 0.15) is 0 Å². The number of carbonyl (C=O) groups excluding carboxylic acids is 1. The van der Waals surface area contributed by atoms with E-state index in [0.29, 0.717) is 0 Å². The van der Waals surface area contributed by atoms with Crippen LogP contribution in [0.2, 0.25) is 0 Å². The second-order valence-electron chi connectivity index (χ2n) is 0.534. The van der Waals surface area contributed by atoms with Crippen molar-refractivity contribution in [2.75, 3.05) is 6.56 Å². The van der Waals surface area contributed by atoms with Crippen LogP contribution in [0.5, 0.6) is 0 Å². The lowest BCUT2D eigenvalue weighted by Crippen LogP contribution is -1.95. The van der Waals surface area contributed by atoms with Crippen molar-refractivity contribution in [2.24, 2.45) is 0 Å². The first-order valence-corrected chi connectivity index (χ1v) is 1.22. The number of hydrogen-bond donors (Lipinski definition) is 0. The van der Waals surface area contributed by atoms with Crippen molar-refractivity contribution in [1.29, 1.82) is 0 Å². The summed E-state index contributed by atoms with van der Waals surface area (Å²) in [6.45, 7) is -6.32. The second kappa shape index (κ2) is 2.69. The molecule has 0 N–H and O–H groups in total. The summed E-state index contributed by atoms with van der Waals surface area (Å²) in [5.41, 5.74) is 0. The quantitative estimate of drug-likeness (QED) is 0.450. The highest BCUT2D eigenvalue weighted by Gasteiger charge is 1.81. The summed E-state index contributed by atoms with van der Waals surface area (Å²) in [6, 6.07) is 0. The van der Waals surface area contributed by atoms with Gasteiger partial charge in [0.05, 0.1) is 9.30 Å².